The number of nitrogens with zero attached hydrogens (tertiary/aromatic N) is 1. The third-order valence-electron chi connectivity index (χ3n) is 2.74. The molecule has 0 radical (unpaired) electrons. The molecule has 1 aromatic carbocycles. The molecule has 1 atom stereocenters. The highest BCUT2D eigenvalue weighted by Gasteiger charge is 2.11. The third-order valence-corrected chi connectivity index (χ3v) is 2.74. The van der Waals surface area contributed by atoms with Crippen LogP contribution in [0.4, 0.5) is 5.69 Å². The number of nitrogens with two attached hydrogens (primary N) is 1. The van der Waals surface area contributed by atoms with Crippen LogP contribution in [0.3, 0.4) is 0 Å². The number of hydrogen-bond donors (Lipinski definition) is 1. The first kappa shape index (κ1) is 13.2. The molecule has 17 heavy (non-hydrogen) atoms. The molecule has 0 aromatic heterocycles. The number of allylic oxidation sites excluding steroid dienone is 1. The van der Waals surface area contributed by atoms with E-state index in [2.05, 4.69) is 25.1 Å². The smallest absolute Gasteiger partial charge is 0.0375 e. The van der Waals surface area contributed by atoms with E-state index in [1.165, 1.54) is 5.56 Å². The van der Waals surface area contributed by atoms with Gasteiger partial charge in [-0.3, -0.25) is 0 Å². The molecule has 0 spiro atoms. The number of nitrogen functional groups attached to an aromatic ring is 1. The molecule has 0 saturated heterocycles. The van der Waals surface area contributed by atoms with E-state index in [-0.39, 0.29) is 0 Å². The number of terminal acetylenes is 1. The summed E-state index contributed by atoms with van der Waals surface area (Å²) in [4.78, 5) is 1.84. The summed E-state index contributed by atoms with van der Waals surface area (Å²) < 4.78 is 0. The average Bonchev–Trinajstić information content (AvgIpc) is 2.28. The summed E-state index contributed by atoms with van der Waals surface area (Å²) in [7, 11) is 0. The second-order valence-corrected chi connectivity index (χ2v) is 4.30. The molecule has 0 heterocycles. The second-order valence-electron chi connectivity index (χ2n) is 4.30. The lowest BCUT2D eigenvalue weighted by molar-refractivity contribution is 0.487. The first-order valence-corrected chi connectivity index (χ1v) is 5.80. The van der Waals surface area contributed by atoms with Gasteiger partial charge in [0, 0.05) is 30.4 Å². The Morgan fingerprint density at radius 1 is 1.53 bits per heavy atom. The minimum Gasteiger partial charge on any atom is -0.398 e. The normalized spacial score (nSPS) is 12.4. The Balaban J connectivity index is 2.83. The molecule has 0 aliphatic carbocycles. The molecule has 90 valence electrons. The first-order chi connectivity index (χ1) is 8.08. The van der Waals surface area contributed by atoms with Gasteiger partial charge in [0.25, 0.3) is 0 Å². The molecule has 0 aliphatic heterocycles. The van der Waals surface area contributed by atoms with Gasteiger partial charge in [0.1, 0.15) is 0 Å². The summed E-state index contributed by atoms with van der Waals surface area (Å²) in [5.41, 5.74) is 9.20. The fourth-order valence-corrected chi connectivity index (χ4v) is 1.87. The van der Waals surface area contributed by atoms with E-state index >= 15 is 0 Å². The van der Waals surface area contributed by atoms with Crippen molar-refractivity contribution in [3.8, 4) is 12.5 Å². The van der Waals surface area contributed by atoms with Crippen molar-refractivity contribution < 1.29 is 0 Å². The summed E-state index contributed by atoms with van der Waals surface area (Å²) in [6.45, 7) is 6.90. The molecule has 0 saturated carbocycles. The number of rotatable bonds is 4. The number of hydrogen-bond acceptors (Lipinski definition) is 2. The van der Waals surface area contributed by atoms with Gasteiger partial charge >= 0.3 is 0 Å². The van der Waals surface area contributed by atoms with Crippen LogP contribution in [0.25, 0.3) is 0 Å². The van der Waals surface area contributed by atoms with E-state index in [0.717, 1.165) is 17.8 Å². The molecule has 1 unspecified atom stereocenters. The molecule has 0 fully saturated rings. The summed E-state index contributed by atoms with van der Waals surface area (Å²) in [5.74, 6) is 0.308. The minimum atomic E-state index is 0.308. The molecule has 2 heteroatoms. The topological polar surface area (TPSA) is 29.3 Å². The van der Waals surface area contributed by atoms with Gasteiger partial charge in [-0.05, 0) is 31.0 Å². The van der Waals surface area contributed by atoms with E-state index in [4.69, 9.17) is 12.2 Å². The van der Waals surface area contributed by atoms with Gasteiger partial charge in [-0.1, -0.05) is 31.6 Å². The van der Waals surface area contributed by atoms with E-state index < -0.39 is 0 Å². The Kier molecular flexibility index (Phi) is 4.66. The Morgan fingerprint density at radius 2 is 2.24 bits per heavy atom. The third kappa shape index (κ3) is 3.57. The first-order valence-electron chi connectivity index (χ1n) is 5.80. The van der Waals surface area contributed by atoms with Crippen molar-refractivity contribution in [3.63, 3.8) is 0 Å². The predicted octanol–water partition coefficient (Wildman–Crippen LogP) is 3.11. The highest BCUT2D eigenvalue weighted by Crippen LogP contribution is 2.23. The summed E-state index contributed by atoms with van der Waals surface area (Å²) in [6, 6.07) is 8.81. The van der Waals surface area contributed by atoms with Gasteiger partial charge < -0.3 is 10.6 Å². The van der Waals surface area contributed by atoms with Crippen molar-refractivity contribution in [1.82, 2.24) is 4.90 Å². The quantitative estimate of drug-likeness (QED) is 0.487. The average molecular weight is 228 g/mol. The lowest BCUT2D eigenvalue weighted by Gasteiger charge is -2.20. The molecule has 2 N–H and O–H groups in total. The fourth-order valence-electron chi connectivity index (χ4n) is 1.87. The van der Waals surface area contributed by atoms with Gasteiger partial charge in [0.15, 0.2) is 0 Å². The van der Waals surface area contributed by atoms with Crippen LogP contribution in [0.15, 0.2) is 30.5 Å². The molecular weight excluding hydrogens is 208 g/mol. The summed E-state index contributed by atoms with van der Waals surface area (Å²) >= 11 is 0. The number of aryl methyl sites for hydroxylation is 1. The molecule has 0 aliphatic rings. The Hall–Kier alpha value is -1.88. The highest BCUT2D eigenvalue weighted by molar-refractivity contribution is 5.50. The van der Waals surface area contributed by atoms with Crippen LogP contribution < -0.4 is 5.73 Å². The van der Waals surface area contributed by atoms with Gasteiger partial charge in [0.05, 0.1) is 0 Å². The maximum atomic E-state index is 6.03. The van der Waals surface area contributed by atoms with E-state index in [9.17, 15) is 0 Å². The highest BCUT2D eigenvalue weighted by atomic mass is 15.1. The van der Waals surface area contributed by atoms with Crippen molar-refractivity contribution in [2.24, 2.45) is 0 Å². The van der Waals surface area contributed by atoms with E-state index in [0.29, 0.717) is 5.92 Å². The minimum absolute atomic E-state index is 0.308. The van der Waals surface area contributed by atoms with Crippen LogP contribution in [-0.2, 0) is 0 Å². The van der Waals surface area contributed by atoms with Gasteiger partial charge in [0.2, 0.25) is 0 Å². The maximum Gasteiger partial charge on any atom is 0.0375 e. The zero-order chi connectivity index (χ0) is 12.8. The van der Waals surface area contributed by atoms with Crippen molar-refractivity contribution in [2.75, 3.05) is 12.3 Å². The van der Waals surface area contributed by atoms with Crippen molar-refractivity contribution in [3.05, 3.63) is 41.6 Å². The Labute approximate surface area is 104 Å². The van der Waals surface area contributed by atoms with Gasteiger partial charge in [-0.2, -0.15) is 0 Å². The van der Waals surface area contributed by atoms with Gasteiger partial charge in [-0.15, -0.1) is 0 Å². The van der Waals surface area contributed by atoms with Crippen LogP contribution in [-0.4, -0.2) is 11.4 Å². The lowest BCUT2D eigenvalue weighted by Crippen LogP contribution is -2.18. The SMILES string of the molecule is C#CN(/C=C\C)CC(C)c1ccc(C)cc1N. The lowest BCUT2D eigenvalue weighted by atomic mass is 9.97. The van der Waals surface area contributed by atoms with Gasteiger partial charge in [-0.25, -0.2) is 0 Å². The van der Waals surface area contributed by atoms with Crippen LogP contribution in [0.1, 0.15) is 30.9 Å². The van der Waals surface area contributed by atoms with Crippen molar-refractivity contribution >= 4 is 5.69 Å². The standard InChI is InChI=1S/C15H20N2/c1-5-9-17(6-2)11-13(4)14-8-7-12(3)10-15(14)16/h2,5,7-10,13H,11,16H2,1,3-4H3/b9-5-. The Bertz CT molecular complexity index is 441. The van der Waals surface area contributed by atoms with E-state index in [1.807, 2.05) is 37.1 Å². The number of anilines is 1. The monoisotopic (exact) mass is 228 g/mol. The van der Waals surface area contributed by atoms with Crippen LogP contribution >= 0.6 is 0 Å². The van der Waals surface area contributed by atoms with Crippen LogP contribution in [0, 0.1) is 19.4 Å². The molecule has 1 aromatic rings. The van der Waals surface area contributed by atoms with Crippen LogP contribution in [0.2, 0.25) is 0 Å². The van der Waals surface area contributed by atoms with Crippen molar-refractivity contribution in [2.45, 2.75) is 26.7 Å². The fraction of sp³-hybridized carbons (Fsp3) is 0.333. The largest absolute Gasteiger partial charge is 0.398 e. The Morgan fingerprint density at radius 3 is 2.76 bits per heavy atom. The van der Waals surface area contributed by atoms with Crippen molar-refractivity contribution in [1.29, 1.82) is 0 Å². The maximum absolute atomic E-state index is 6.03. The zero-order valence-corrected chi connectivity index (χ0v) is 10.8. The zero-order valence-electron chi connectivity index (χ0n) is 10.8. The summed E-state index contributed by atoms with van der Waals surface area (Å²) in [5, 5.41) is 0. The second kappa shape index (κ2) is 6.00. The predicted molar refractivity (Wildman–Crippen MR) is 74.4 cm³/mol. The molecule has 0 amide bonds. The molecular formula is C15H20N2. The molecule has 2 nitrogen and oxygen atoms in total. The summed E-state index contributed by atoms with van der Waals surface area (Å²) in [6.07, 6.45) is 9.28. The molecule has 1 rings (SSSR count). The van der Waals surface area contributed by atoms with E-state index in [1.54, 1.807) is 0 Å². The molecule has 0 bridgehead atoms. The van der Waals surface area contributed by atoms with Crippen LogP contribution in [0.5, 0.6) is 0 Å². The number of benzene rings is 1.